The normalized spacial score (nSPS) is 15.3. The molecule has 1 fully saturated rings. The number of nitrogens with one attached hydrogen (secondary N) is 2. The maximum absolute atomic E-state index is 13.2. The quantitative estimate of drug-likeness (QED) is 0.556. The number of nitrogens with zero attached hydrogens (tertiary/aromatic N) is 1. The van der Waals surface area contributed by atoms with Gasteiger partial charge >= 0.3 is 6.03 Å². The number of hydrogen-bond donors (Lipinski definition) is 2. The topological polar surface area (TPSA) is 89.1 Å². The fourth-order valence-corrected chi connectivity index (χ4v) is 3.66. The molecule has 9 heteroatoms. The van der Waals surface area contributed by atoms with Gasteiger partial charge in [0.15, 0.2) is 11.5 Å². The van der Waals surface area contributed by atoms with Crippen molar-refractivity contribution in [3.8, 4) is 17.2 Å². The van der Waals surface area contributed by atoms with Gasteiger partial charge in [-0.25, -0.2) is 9.18 Å². The van der Waals surface area contributed by atoms with Gasteiger partial charge in [-0.05, 0) is 45.0 Å². The van der Waals surface area contributed by atoms with Crippen LogP contribution in [0.4, 0.5) is 20.6 Å². The molecule has 33 heavy (non-hydrogen) atoms. The number of carbonyl (C=O) groups is 2. The Kier molecular flexibility index (Phi) is 8.34. The predicted molar refractivity (Wildman–Crippen MR) is 124 cm³/mol. The second-order valence-electron chi connectivity index (χ2n) is 7.49. The van der Waals surface area contributed by atoms with Gasteiger partial charge in [-0.3, -0.25) is 4.79 Å². The third-order valence-corrected chi connectivity index (χ3v) is 5.06. The minimum Gasteiger partial charge on any atom is -0.490 e. The Hall–Kier alpha value is -3.49. The zero-order valence-corrected chi connectivity index (χ0v) is 19.2. The summed E-state index contributed by atoms with van der Waals surface area (Å²) in [5.41, 5.74) is 1.15. The number of amides is 3. The lowest BCUT2D eigenvalue weighted by atomic mass is 10.1. The van der Waals surface area contributed by atoms with Crippen LogP contribution in [0.25, 0.3) is 0 Å². The standard InChI is InChI=1S/C24H30FN3O5/c1-4-31-20-12-18(13-21(32-5-2)23(20)33-6-3)27-24(30)26-14-16-11-22(29)28(15-16)19-9-7-17(25)8-10-19/h7-10,12-13,16H,4-6,11,14-15H2,1-3H3,(H2,26,27,30). The minimum atomic E-state index is -0.406. The van der Waals surface area contributed by atoms with Gasteiger partial charge in [0, 0.05) is 43.2 Å². The lowest BCUT2D eigenvalue weighted by Gasteiger charge is -2.18. The molecule has 1 saturated heterocycles. The summed E-state index contributed by atoms with van der Waals surface area (Å²) >= 11 is 0. The molecule has 1 unspecified atom stereocenters. The van der Waals surface area contributed by atoms with Crippen molar-refractivity contribution in [3.05, 3.63) is 42.2 Å². The van der Waals surface area contributed by atoms with Crippen molar-refractivity contribution in [1.29, 1.82) is 0 Å². The van der Waals surface area contributed by atoms with E-state index in [1.807, 2.05) is 20.8 Å². The third kappa shape index (κ3) is 6.27. The minimum absolute atomic E-state index is 0.0494. The van der Waals surface area contributed by atoms with Gasteiger partial charge < -0.3 is 29.7 Å². The third-order valence-electron chi connectivity index (χ3n) is 5.06. The van der Waals surface area contributed by atoms with Gasteiger partial charge in [-0.15, -0.1) is 0 Å². The summed E-state index contributed by atoms with van der Waals surface area (Å²) in [6, 6.07) is 8.77. The molecule has 178 valence electrons. The summed E-state index contributed by atoms with van der Waals surface area (Å²) < 4.78 is 30.2. The van der Waals surface area contributed by atoms with Crippen molar-refractivity contribution in [2.75, 3.05) is 43.1 Å². The van der Waals surface area contributed by atoms with Gasteiger partial charge in [0.05, 0.1) is 25.5 Å². The van der Waals surface area contributed by atoms with Gasteiger partial charge in [0.2, 0.25) is 11.7 Å². The molecular formula is C24H30FN3O5. The summed E-state index contributed by atoms with van der Waals surface area (Å²) in [6.45, 7) is 7.68. The van der Waals surface area contributed by atoms with Crippen molar-refractivity contribution in [2.24, 2.45) is 5.92 Å². The number of carbonyl (C=O) groups excluding carboxylic acids is 2. The second kappa shape index (κ2) is 11.4. The molecule has 0 saturated carbocycles. The molecular weight excluding hydrogens is 429 g/mol. The number of rotatable bonds is 10. The van der Waals surface area contributed by atoms with E-state index >= 15 is 0 Å². The molecule has 0 spiro atoms. The fraction of sp³-hybridized carbons (Fsp3) is 0.417. The number of hydrogen-bond acceptors (Lipinski definition) is 5. The first-order valence-corrected chi connectivity index (χ1v) is 11.1. The number of anilines is 2. The van der Waals surface area contributed by atoms with E-state index < -0.39 is 6.03 Å². The van der Waals surface area contributed by atoms with Crippen LogP contribution in [0.3, 0.4) is 0 Å². The molecule has 1 atom stereocenters. The van der Waals surface area contributed by atoms with Crippen molar-refractivity contribution >= 4 is 23.3 Å². The Labute approximate surface area is 193 Å². The van der Waals surface area contributed by atoms with Crippen LogP contribution in [0.2, 0.25) is 0 Å². The van der Waals surface area contributed by atoms with E-state index in [2.05, 4.69) is 10.6 Å². The second-order valence-corrected chi connectivity index (χ2v) is 7.49. The highest BCUT2D eigenvalue weighted by molar-refractivity contribution is 5.96. The monoisotopic (exact) mass is 459 g/mol. The molecule has 3 amide bonds. The molecule has 3 rings (SSSR count). The van der Waals surface area contributed by atoms with Crippen molar-refractivity contribution in [1.82, 2.24) is 5.32 Å². The highest BCUT2D eigenvalue weighted by Crippen LogP contribution is 2.40. The van der Waals surface area contributed by atoms with Crippen LogP contribution in [-0.4, -0.2) is 44.8 Å². The Morgan fingerprint density at radius 3 is 2.21 bits per heavy atom. The number of benzene rings is 2. The van der Waals surface area contributed by atoms with E-state index in [9.17, 15) is 14.0 Å². The average Bonchev–Trinajstić information content (AvgIpc) is 3.16. The number of urea groups is 1. The van der Waals surface area contributed by atoms with E-state index in [4.69, 9.17) is 14.2 Å². The molecule has 1 aliphatic heterocycles. The zero-order chi connectivity index (χ0) is 23.8. The average molecular weight is 460 g/mol. The number of ether oxygens (including phenoxy) is 3. The van der Waals surface area contributed by atoms with E-state index in [0.717, 1.165) is 0 Å². The SMILES string of the molecule is CCOc1cc(NC(=O)NCC2CC(=O)N(c3ccc(F)cc3)C2)cc(OCC)c1OCC. The van der Waals surface area contributed by atoms with Gasteiger partial charge in [-0.2, -0.15) is 0 Å². The summed E-state index contributed by atoms with van der Waals surface area (Å²) in [5.74, 6) is 1.01. The van der Waals surface area contributed by atoms with E-state index in [1.165, 1.54) is 12.1 Å². The molecule has 2 N–H and O–H groups in total. The molecule has 0 aromatic heterocycles. The smallest absolute Gasteiger partial charge is 0.319 e. The predicted octanol–water partition coefficient (Wildman–Crippen LogP) is 4.20. The lowest BCUT2D eigenvalue weighted by Crippen LogP contribution is -2.34. The van der Waals surface area contributed by atoms with Gasteiger partial charge in [-0.1, -0.05) is 0 Å². The summed E-state index contributed by atoms with van der Waals surface area (Å²) in [4.78, 5) is 26.5. The van der Waals surface area contributed by atoms with Crippen LogP contribution >= 0.6 is 0 Å². The molecule has 0 bridgehead atoms. The Bertz CT molecular complexity index is 940. The maximum Gasteiger partial charge on any atom is 0.319 e. The van der Waals surface area contributed by atoms with Crippen molar-refractivity contribution in [3.63, 3.8) is 0 Å². The first kappa shape index (κ1) is 24.2. The zero-order valence-electron chi connectivity index (χ0n) is 19.2. The maximum atomic E-state index is 13.2. The van der Waals surface area contributed by atoms with Crippen molar-refractivity contribution in [2.45, 2.75) is 27.2 Å². The Morgan fingerprint density at radius 1 is 1.03 bits per heavy atom. The van der Waals surface area contributed by atoms with Crippen LogP contribution in [-0.2, 0) is 4.79 Å². The Morgan fingerprint density at radius 2 is 1.64 bits per heavy atom. The molecule has 0 radical (unpaired) electrons. The van der Waals surface area contributed by atoms with Gasteiger partial charge in [0.1, 0.15) is 5.82 Å². The van der Waals surface area contributed by atoms with E-state index in [0.29, 0.717) is 68.0 Å². The van der Waals surface area contributed by atoms with Crippen LogP contribution in [0.5, 0.6) is 17.2 Å². The number of halogens is 1. The Balaban J connectivity index is 1.61. The van der Waals surface area contributed by atoms with Gasteiger partial charge in [0.25, 0.3) is 0 Å². The molecule has 1 heterocycles. The molecule has 2 aromatic carbocycles. The molecule has 2 aromatic rings. The van der Waals surface area contributed by atoms with Crippen LogP contribution in [0.1, 0.15) is 27.2 Å². The lowest BCUT2D eigenvalue weighted by molar-refractivity contribution is -0.117. The van der Waals surface area contributed by atoms with Crippen molar-refractivity contribution < 1.29 is 28.2 Å². The van der Waals surface area contributed by atoms with E-state index in [1.54, 1.807) is 29.2 Å². The molecule has 0 aliphatic carbocycles. The molecule has 8 nitrogen and oxygen atoms in total. The van der Waals surface area contributed by atoms with Crippen LogP contribution < -0.4 is 29.7 Å². The van der Waals surface area contributed by atoms with Crippen LogP contribution in [0, 0.1) is 11.7 Å². The molecule has 1 aliphatic rings. The first-order chi connectivity index (χ1) is 15.9. The first-order valence-electron chi connectivity index (χ1n) is 11.1. The summed E-state index contributed by atoms with van der Waals surface area (Å²) in [7, 11) is 0. The summed E-state index contributed by atoms with van der Waals surface area (Å²) in [6.07, 6.45) is 0.309. The summed E-state index contributed by atoms with van der Waals surface area (Å²) in [5, 5.41) is 5.60. The highest BCUT2D eigenvalue weighted by atomic mass is 19.1. The van der Waals surface area contributed by atoms with Crippen LogP contribution in [0.15, 0.2) is 36.4 Å². The van der Waals surface area contributed by atoms with E-state index in [-0.39, 0.29) is 17.6 Å². The largest absolute Gasteiger partial charge is 0.490 e. The fourth-order valence-electron chi connectivity index (χ4n) is 3.66. The highest BCUT2D eigenvalue weighted by Gasteiger charge is 2.30.